The van der Waals surface area contributed by atoms with Gasteiger partial charge in [-0.1, -0.05) is 43.1 Å². The average molecular weight is 448 g/mol. The number of aryl methyl sites for hydroxylation is 1. The molecule has 2 aromatic carbocycles. The van der Waals surface area contributed by atoms with Crippen LogP contribution in [0.4, 0.5) is 11.4 Å². The average Bonchev–Trinajstić information content (AvgIpc) is 2.71. The van der Waals surface area contributed by atoms with E-state index in [4.69, 9.17) is 16.3 Å². The molecule has 0 aliphatic rings. The largest absolute Gasteiger partial charge is 0.454 e. The molecule has 0 saturated carbocycles. The summed E-state index contributed by atoms with van der Waals surface area (Å²) in [5, 5.41) is 15.7. The Morgan fingerprint density at radius 2 is 1.77 bits per heavy atom. The summed E-state index contributed by atoms with van der Waals surface area (Å²) >= 11 is 5.92. The summed E-state index contributed by atoms with van der Waals surface area (Å²) in [4.78, 5) is 47.0. The molecular formula is C21H22ClN3O6. The molecule has 0 saturated heterocycles. The number of nitro groups is 1. The topological polar surface area (TPSA) is 128 Å². The minimum Gasteiger partial charge on any atom is -0.454 e. The van der Waals surface area contributed by atoms with Crippen LogP contribution in [0.5, 0.6) is 0 Å². The number of benzene rings is 2. The van der Waals surface area contributed by atoms with E-state index >= 15 is 0 Å². The van der Waals surface area contributed by atoms with Gasteiger partial charge in [0.1, 0.15) is 6.04 Å². The summed E-state index contributed by atoms with van der Waals surface area (Å²) in [6.45, 7) is 4.75. The fourth-order valence-corrected chi connectivity index (χ4v) is 2.78. The summed E-state index contributed by atoms with van der Waals surface area (Å²) in [5.74, 6) is -2.16. The smallest absolute Gasteiger partial charge is 0.329 e. The van der Waals surface area contributed by atoms with Crippen molar-refractivity contribution in [3.8, 4) is 0 Å². The maximum atomic E-state index is 12.4. The highest BCUT2D eigenvalue weighted by Gasteiger charge is 2.27. The van der Waals surface area contributed by atoms with Crippen LogP contribution in [0, 0.1) is 23.0 Å². The van der Waals surface area contributed by atoms with Gasteiger partial charge in [0.15, 0.2) is 6.61 Å². The van der Waals surface area contributed by atoms with E-state index < -0.39 is 35.4 Å². The van der Waals surface area contributed by atoms with Gasteiger partial charge in [-0.15, -0.1) is 0 Å². The maximum absolute atomic E-state index is 12.4. The SMILES string of the molecule is Cc1ccc(C(=O)N[C@H](C(=O)OCC(=O)Nc2ccc([N+](=O)[O-])cc2Cl)C(C)C)cc1. The van der Waals surface area contributed by atoms with Crippen LogP contribution in [0.25, 0.3) is 0 Å². The van der Waals surface area contributed by atoms with E-state index in [1.54, 1.807) is 38.1 Å². The molecular weight excluding hydrogens is 426 g/mol. The molecule has 0 bridgehead atoms. The van der Waals surface area contributed by atoms with Gasteiger partial charge in [0, 0.05) is 17.7 Å². The maximum Gasteiger partial charge on any atom is 0.329 e. The number of carbonyl (C=O) groups excluding carboxylic acids is 3. The highest BCUT2D eigenvalue weighted by molar-refractivity contribution is 6.34. The van der Waals surface area contributed by atoms with Crippen molar-refractivity contribution in [1.82, 2.24) is 5.32 Å². The Morgan fingerprint density at radius 1 is 1.13 bits per heavy atom. The molecule has 0 spiro atoms. The van der Waals surface area contributed by atoms with Gasteiger partial charge < -0.3 is 15.4 Å². The summed E-state index contributed by atoms with van der Waals surface area (Å²) < 4.78 is 5.04. The van der Waals surface area contributed by atoms with Crippen molar-refractivity contribution in [2.45, 2.75) is 26.8 Å². The Balaban J connectivity index is 1.95. The van der Waals surface area contributed by atoms with Crippen molar-refractivity contribution >= 4 is 40.8 Å². The van der Waals surface area contributed by atoms with Crippen molar-refractivity contribution in [2.24, 2.45) is 5.92 Å². The quantitative estimate of drug-likeness (QED) is 0.362. The highest BCUT2D eigenvalue weighted by atomic mass is 35.5. The molecule has 0 heterocycles. The lowest BCUT2D eigenvalue weighted by atomic mass is 10.0. The Bertz CT molecular complexity index is 991. The third-order valence-electron chi connectivity index (χ3n) is 4.30. The molecule has 1 atom stereocenters. The van der Waals surface area contributed by atoms with Gasteiger partial charge in [-0.3, -0.25) is 19.7 Å². The number of hydrogen-bond acceptors (Lipinski definition) is 6. The van der Waals surface area contributed by atoms with Crippen molar-refractivity contribution in [3.05, 3.63) is 68.7 Å². The van der Waals surface area contributed by atoms with Gasteiger partial charge in [-0.05, 0) is 31.0 Å². The van der Waals surface area contributed by atoms with Crippen LogP contribution in [0.2, 0.25) is 5.02 Å². The van der Waals surface area contributed by atoms with Crippen LogP contribution in [-0.2, 0) is 14.3 Å². The van der Waals surface area contributed by atoms with Crippen molar-refractivity contribution in [2.75, 3.05) is 11.9 Å². The van der Waals surface area contributed by atoms with Crippen LogP contribution < -0.4 is 10.6 Å². The molecule has 2 N–H and O–H groups in total. The Kier molecular flexibility index (Phi) is 8.09. The van der Waals surface area contributed by atoms with Crippen LogP contribution in [0.3, 0.4) is 0 Å². The summed E-state index contributed by atoms with van der Waals surface area (Å²) in [6.07, 6.45) is 0. The predicted octanol–water partition coefficient (Wildman–Crippen LogP) is 3.49. The molecule has 2 rings (SSSR count). The second-order valence-corrected chi connectivity index (χ2v) is 7.55. The third-order valence-corrected chi connectivity index (χ3v) is 4.62. The third kappa shape index (κ3) is 6.78. The monoisotopic (exact) mass is 447 g/mol. The number of rotatable bonds is 8. The second-order valence-electron chi connectivity index (χ2n) is 7.14. The minimum absolute atomic E-state index is 0.0284. The van der Waals surface area contributed by atoms with Gasteiger partial charge in [0.25, 0.3) is 17.5 Å². The molecule has 9 nitrogen and oxygen atoms in total. The number of nitrogens with zero attached hydrogens (tertiary/aromatic N) is 1. The number of esters is 1. The molecule has 31 heavy (non-hydrogen) atoms. The standard InChI is InChI=1S/C21H22ClN3O6/c1-12(2)19(24-20(27)14-6-4-13(3)5-7-14)21(28)31-11-18(26)23-17-9-8-15(25(29)30)10-16(17)22/h4-10,12,19H,11H2,1-3H3,(H,23,26)(H,24,27)/t19-/m0/s1. The lowest BCUT2D eigenvalue weighted by Crippen LogP contribution is -2.45. The number of ether oxygens (including phenoxy) is 1. The number of hydrogen-bond donors (Lipinski definition) is 2. The number of nitro benzene ring substituents is 1. The first-order valence-electron chi connectivity index (χ1n) is 9.36. The summed E-state index contributed by atoms with van der Waals surface area (Å²) in [6, 6.07) is 9.46. The van der Waals surface area contributed by atoms with E-state index in [9.17, 15) is 24.5 Å². The zero-order chi connectivity index (χ0) is 23.1. The highest BCUT2D eigenvalue weighted by Crippen LogP contribution is 2.26. The lowest BCUT2D eigenvalue weighted by molar-refractivity contribution is -0.384. The summed E-state index contributed by atoms with van der Waals surface area (Å²) in [7, 11) is 0. The van der Waals surface area contributed by atoms with Gasteiger partial charge in [-0.25, -0.2) is 4.79 Å². The Labute approximate surface area is 183 Å². The second kappa shape index (κ2) is 10.5. The molecule has 0 aliphatic carbocycles. The molecule has 2 amide bonds. The zero-order valence-corrected chi connectivity index (χ0v) is 17.9. The number of carbonyl (C=O) groups is 3. The first-order valence-corrected chi connectivity index (χ1v) is 9.74. The van der Waals surface area contributed by atoms with Gasteiger partial charge in [0.2, 0.25) is 0 Å². The zero-order valence-electron chi connectivity index (χ0n) is 17.2. The molecule has 0 aromatic heterocycles. The molecule has 164 valence electrons. The van der Waals surface area contributed by atoms with Crippen LogP contribution in [0.1, 0.15) is 29.8 Å². The Morgan fingerprint density at radius 3 is 2.32 bits per heavy atom. The number of non-ortho nitro benzene ring substituents is 1. The van der Waals surface area contributed by atoms with Crippen molar-refractivity contribution in [3.63, 3.8) is 0 Å². The number of amides is 2. The van der Waals surface area contributed by atoms with Gasteiger partial charge in [-0.2, -0.15) is 0 Å². The van der Waals surface area contributed by atoms with Gasteiger partial charge in [0.05, 0.1) is 15.6 Å². The molecule has 0 fully saturated rings. The van der Waals surface area contributed by atoms with E-state index in [2.05, 4.69) is 10.6 Å². The number of halogens is 1. The van der Waals surface area contributed by atoms with Crippen molar-refractivity contribution < 1.29 is 24.0 Å². The fraction of sp³-hybridized carbons (Fsp3) is 0.286. The number of nitrogens with one attached hydrogen (secondary N) is 2. The fourth-order valence-electron chi connectivity index (χ4n) is 2.56. The van der Waals surface area contributed by atoms with Gasteiger partial charge >= 0.3 is 5.97 Å². The molecule has 0 radical (unpaired) electrons. The lowest BCUT2D eigenvalue weighted by Gasteiger charge is -2.21. The van der Waals surface area contributed by atoms with E-state index in [0.29, 0.717) is 5.56 Å². The molecule has 10 heteroatoms. The van der Waals surface area contributed by atoms with Crippen LogP contribution in [0.15, 0.2) is 42.5 Å². The van der Waals surface area contributed by atoms with Crippen LogP contribution in [-0.4, -0.2) is 35.4 Å². The molecule has 0 unspecified atom stereocenters. The first kappa shape index (κ1) is 23.8. The predicted molar refractivity (Wildman–Crippen MR) is 115 cm³/mol. The van der Waals surface area contributed by atoms with E-state index in [-0.39, 0.29) is 22.3 Å². The minimum atomic E-state index is -0.954. The normalized spacial score (nSPS) is 11.5. The summed E-state index contributed by atoms with van der Waals surface area (Å²) in [5.41, 5.74) is 1.31. The molecule has 2 aromatic rings. The van der Waals surface area contributed by atoms with E-state index in [1.807, 2.05) is 6.92 Å². The van der Waals surface area contributed by atoms with E-state index in [0.717, 1.165) is 11.6 Å². The first-order chi connectivity index (χ1) is 14.6. The van der Waals surface area contributed by atoms with Crippen LogP contribution >= 0.6 is 11.6 Å². The number of anilines is 1. The Hall–Kier alpha value is -3.46. The van der Waals surface area contributed by atoms with Crippen molar-refractivity contribution in [1.29, 1.82) is 0 Å². The molecule has 0 aliphatic heterocycles. The van der Waals surface area contributed by atoms with E-state index in [1.165, 1.54) is 12.1 Å².